The van der Waals surface area contributed by atoms with Gasteiger partial charge in [-0.2, -0.15) is 0 Å². The monoisotopic (exact) mass is 567 g/mol. The Labute approximate surface area is 257 Å². The molecule has 0 fully saturated rings. The van der Waals surface area contributed by atoms with Crippen molar-refractivity contribution in [1.29, 1.82) is 0 Å². The lowest BCUT2D eigenvalue weighted by molar-refractivity contribution is 0.273. The molecule has 1 heterocycles. The molecule has 0 saturated heterocycles. The van der Waals surface area contributed by atoms with E-state index < -0.39 is 0 Å². The van der Waals surface area contributed by atoms with Gasteiger partial charge in [0.2, 0.25) is 0 Å². The van der Waals surface area contributed by atoms with Crippen LogP contribution in [-0.4, -0.2) is 17.6 Å². The summed E-state index contributed by atoms with van der Waals surface area (Å²) in [4.78, 5) is 5.18. The van der Waals surface area contributed by atoms with E-state index in [1.807, 2.05) is 0 Å². The van der Waals surface area contributed by atoms with Crippen molar-refractivity contribution < 1.29 is 0 Å². The highest BCUT2D eigenvalue weighted by atomic mass is 15.4. The lowest BCUT2D eigenvalue weighted by atomic mass is 10.0. The van der Waals surface area contributed by atoms with Gasteiger partial charge in [0.15, 0.2) is 0 Å². The summed E-state index contributed by atoms with van der Waals surface area (Å²) in [6.07, 6.45) is 43.6. The molecule has 0 amide bonds. The molecular formula is C39H70N2. The zero-order chi connectivity index (χ0) is 29.1. The van der Waals surface area contributed by atoms with Crippen LogP contribution in [-0.2, 0) is 0 Å². The highest BCUT2D eigenvalue weighted by Gasteiger charge is 2.26. The van der Waals surface area contributed by atoms with Crippen LogP contribution >= 0.6 is 0 Å². The average Bonchev–Trinajstić information content (AvgIpc) is 3.40. The summed E-state index contributed by atoms with van der Waals surface area (Å²) < 4.78 is 0. The number of nitrogens with zero attached hydrogens (tertiary/aromatic N) is 2. The van der Waals surface area contributed by atoms with Gasteiger partial charge in [-0.25, -0.2) is 0 Å². The lowest BCUT2D eigenvalue weighted by Crippen LogP contribution is -2.39. The van der Waals surface area contributed by atoms with Crippen LogP contribution in [0.25, 0.3) is 0 Å². The molecule has 0 aliphatic carbocycles. The van der Waals surface area contributed by atoms with E-state index in [2.05, 4.69) is 66.4 Å². The van der Waals surface area contributed by atoms with Crippen molar-refractivity contribution in [3.8, 4) is 0 Å². The second kappa shape index (κ2) is 26.2. The van der Waals surface area contributed by atoms with E-state index in [1.54, 1.807) is 0 Å². The van der Waals surface area contributed by atoms with Crippen LogP contribution in [0.2, 0.25) is 0 Å². The number of hydrogen-bond donors (Lipinski definition) is 0. The van der Waals surface area contributed by atoms with Crippen molar-refractivity contribution in [3.05, 3.63) is 42.7 Å². The van der Waals surface area contributed by atoms with Gasteiger partial charge in [0, 0.05) is 24.6 Å². The van der Waals surface area contributed by atoms with Gasteiger partial charge in [-0.3, -0.25) is 0 Å². The summed E-state index contributed by atoms with van der Waals surface area (Å²) >= 11 is 0. The topological polar surface area (TPSA) is 6.48 Å². The van der Waals surface area contributed by atoms with Gasteiger partial charge < -0.3 is 9.80 Å². The van der Waals surface area contributed by atoms with E-state index in [1.165, 1.54) is 186 Å². The number of rotatable bonds is 29. The second-order valence-corrected chi connectivity index (χ2v) is 13.0. The van der Waals surface area contributed by atoms with Crippen LogP contribution < -0.4 is 4.90 Å². The molecule has 41 heavy (non-hydrogen) atoms. The van der Waals surface area contributed by atoms with Crippen LogP contribution in [0.15, 0.2) is 42.7 Å². The summed E-state index contributed by atoms with van der Waals surface area (Å²) in [7, 11) is 0. The minimum absolute atomic E-state index is 0.502. The first kappa shape index (κ1) is 35.8. The van der Waals surface area contributed by atoms with Gasteiger partial charge in [-0.15, -0.1) is 0 Å². The Balaban J connectivity index is 1.54. The number of unbranched alkanes of at least 4 members (excludes halogenated alkanes) is 24. The molecule has 0 radical (unpaired) electrons. The van der Waals surface area contributed by atoms with Crippen LogP contribution in [0.5, 0.6) is 0 Å². The molecule has 2 nitrogen and oxygen atoms in total. The summed E-state index contributed by atoms with van der Waals surface area (Å²) in [6, 6.07) is 11.0. The lowest BCUT2D eigenvalue weighted by Gasteiger charge is -2.33. The van der Waals surface area contributed by atoms with E-state index >= 15 is 0 Å². The highest BCUT2D eigenvalue weighted by molar-refractivity contribution is 5.51. The fourth-order valence-electron chi connectivity index (χ4n) is 6.56. The number of hydrogen-bond acceptors (Lipinski definition) is 2. The van der Waals surface area contributed by atoms with Crippen molar-refractivity contribution in [3.63, 3.8) is 0 Å². The Morgan fingerprint density at radius 3 is 1.27 bits per heavy atom. The minimum atomic E-state index is 0.502. The Morgan fingerprint density at radius 2 is 0.829 bits per heavy atom. The van der Waals surface area contributed by atoms with Gasteiger partial charge in [0.1, 0.15) is 6.17 Å². The molecule has 1 aromatic carbocycles. The smallest absolute Gasteiger partial charge is 0.105 e. The third kappa shape index (κ3) is 18.0. The SMILES string of the molecule is CCCCCCCCCCCCCCCC1N(CCCCCCCCCCCCCCC)C=CN1c1ccccc1. The highest BCUT2D eigenvalue weighted by Crippen LogP contribution is 2.28. The number of benzene rings is 1. The normalized spacial score (nSPS) is 14.9. The molecule has 236 valence electrons. The molecule has 2 heteroatoms. The molecule has 1 atom stereocenters. The molecule has 1 aliphatic rings. The van der Waals surface area contributed by atoms with Crippen LogP contribution in [0.1, 0.15) is 187 Å². The third-order valence-electron chi connectivity index (χ3n) is 9.26. The molecule has 0 spiro atoms. The van der Waals surface area contributed by atoms with Crippen molar-refractivity contribution in [2.75, 3.05) is 11.4 Å². The van der Waals surface area contributed by atoms with Gasteiger partial charge in [-0.1, -0.05) is 186 Å². The minimum Gasteiger partial charge on any atom is -0.356 e. The van der Waals surface area contributed by atoms with E-state index in [0.717, 1.165) is 0 Å². The van der Waals surface area contributed by atoms with E-state index in [-0.39, 0.29) is 0 Å². The third-order valence-corrected chi connectivity index (χ3v) is 9.26. The Hall–Kier alpha value is -1.44. The average molecular weight is 567 g/mol. The molecule has 0 N–H and O–H groups in total. The van der Waals surface area contributed by atoms with Crippen molar-refractivity contribution in [2.24, 2.45) is 0 Å². The van der Waals surface area contributed by atoms with Crippen molar-refractivity contribution >= 4 is 5.69 Å². The van der Waals surface area contributed by atoms with Gasteiger partial charge in [0.05, 0.1) is 0 Å². The first-order chi connectivity index (χ1) is 20.4. The van der Waals surface area contributed by atoms with E-state index in [9.17, 15) is 0 Å². The predicted molar refractivity (Wildman–Crippen MR) is 185 cm³/mol. The second-order valence-electron chi connectivity index (χ2n) is 13.0. The molecule has 1 aromatic rings. The van der Waals surface area contributed by atoms with Crippen molar-refractivity contribution in [1.82, 2.24) is 4.90 Å². The quantitative estimate of drug-likeness (QED) is 0.0890. The zero-order valence-corrected chi connectivity index (χ0v) is 27.8. The van der Waals surface area contributed by atoms with Gasteiger partial charge >= 0.3 is 0 Å². The maximum atomic E-state index is 2.64. The predicted octanol–water partition coefficient (Wildman–Crippen LogP) is 13.2. The van der Waals surface area contributed by atoms with E-state index in [4.69, 9.17) is 0 Å². The van der Waals surface area contributed by atoms with Gasteiger partial charge in [0.25, 0.3) is 0 Å². The van der Waals surface area contributed by atoms with Crippen LogP contribution in [0.3, 0.4) is 0 Å². The maximum Gasteiger partial charge on any atom is 0.105 e. The van der Waals surface area contributed by atoms with Crippen LogP contribution in [0, 0.1) is 0 Å². The molecule has 0 saturated carbocycles. The Bertz CT molecular complexity index is 699. The first-order valence-corrected chi connectivity index (χ1v) is 18.6. The molecule has 0 bridgehead atoms. The molecule has 0 aromatic heterocycles. The fourth-order valence-corrected chi connectivity index (χ4v) is 6.56. The first-order valence-electron chi connectivity index (χ1n) is 18.6. The summed E-state index contributed by atoms with van der Waals surface area (Å²) in [5.74, 6) is 0. The fraction of sp³-hybridized carbons (Fsp3) is 0.795. The van der Waals surface area contributed by atoms with Crippen molar-refractivity contribution in [2.45, 2.75) is 193 Å². The van der Waals surface area contributed by atoms with Crippen LogP contribution in [0.4, 0.5) is 5.69 Å². The standard InChI is InChI=1S/C39H70N2/c1-3-5-7-9-11-13-15-17-19-21-23-25-30-34-39-40(36-37-41(39)38-32-28-27-29-33-38)35-31-26-24-22-20-18-16-14-12-10-8-6-4-2/h27-29,32-33,36-37,39H,3-26,30-31,34-35H2,1-2H3. The summed E-state index contributed by atoms with van der Waals surface area (Å²) in [5, 5.41) is 0. The molecule has 1 aliphatic heterocycles. The van der Waals surface area contributed by atoms with E-state index in [0.29, 0.717) is 6.17 Å². The summed E-state index contributed by atoms with van der Waals surface area (Å²) in [5.41, 5.74) is 1.34. The molecule has 1 unspecified atom stereocenters. The van der Waals surface area contributed by atoms with Gasteiger partial charge in [-0.05, 0) is 31.4 Å². The Morgan fingerprint density at radius 1 is 0.439 bits per heavy atom. The summed E-state index contributed by atoms with van der Waals surface area (Å²) in [6.45, 7) is 5.82. The Kier molecular flexibility index (Phi) is 22.9. The largest absolute Gasteiger partial charge is 0.356 e. The maximum absolute atomic E-state index is 2.64. The number of anilines is 1. The molecule has 2 rings (SSSR count). The molecular weight excluding hydrogens is 496 g/mol. The number of para-hydroxylation sites is 1. The zero-order valence-electron chi connectivity index (χ0n) is 27.8.